The number of rotatable bonds is 6. The summed E-state index contributed by atoms with van der Waals surface area (Å²) in [6.07, 6.45) is 1.60. The molecule has 3 aromatic rings. The molecule has 1 aliphatic heterocycles. The van der Waals surface area contributed by atoms with Crippen molar-refractivity contribution in [3.05, 3.63) is 101 Å². The fourth-order valence-electron chi connectivity index (χ4n) is 4.27. The average Bonchev–Trinajstić information content (AvgIpc) is 3.22. The number of nitrogens with one attached hydrogen (secondary N) is 1. The minimum absolute atomic E-state index is 0.0297. The van der Waals surface area contributed by atoms with Gasteiger partial charge in [-0.2, -0.15) is 0 Å². The Kier molecular flexibility index (Phi) is 6.17. The van der Waals surface area contributed by atoms with E-state index < -0.39 is 0 Å². The third-order valence-corrected chi connectivity index (χ3v) is 6.06. The maximum Gasteiger partial charge on any atom is 0.258 e. The average molecular weight is 413 g/mol. The van der Waals surface area contributed by atoms with Gasteiger partial charge in [0, 0.05) is 24.3 Å². The predicted octanol–water partition coefficient (Wildman–Crippen LogP) is 5.01. The molecule has 1 aliphatic rings. The summed E-state index contributed by atoms with van der Waals surface area (Å²) in [4.78, 5) is 27.8. The zero-order valence-electron chi connectivity index (χ0n) is 18.1. The van der Waals surface area contributed by atoms with Crippen molar-refractivity contribution < 1.29 is 9.59 Å². The first kappa shape index (κ1) is 20.9. The number of hydrogen-bond acceptors (Lipinski definition) is 2. The van der Waals surface area contributed by atoms with Crippen molar-refractivity contribution >= 4 is 17.5 Å². The van der Waals surface area contributed by atoms with Crippen LogP contribution >= 0.6 is 0 Å². The Bertz CT molecular complexity index is 1090. The maximum absolute atomic E-state index is 13.1. The first-order valence-corrected chi connectivity index (χ1v) is 10.9. The molecule has 0 radical (unpaired) electrons. The molecule has 31 heavy (non-hydrogen) atoms. The highest BCUT2D eigenvalue weighted by Crippen LogP contribution is 2.31. The van der Waals surface area contributed by atoms with Crippen LogP contribution in [0.25, 0.3) is 0 Å². The Morgan fingerprint density at radius 2 is 1.74 bits per heavy atom. The monoisotopic (exact) mass is 412 g/mol. The van der Waals surface area contributed by atoms with Crippen molar-refractivity contribution in [1.82, 2.24) is 5.32 Å². The lowest BCUT2D eigenvalue weighted by Gasteiger charge is -2.20. The van der Waals surface area contributed by atoms with E-state index in [0.717, 1.165) is 40.8 Å². The van der Waals surface area contributed by atoms with Crippen LogP contribution in [0.4, 0.5) is 5.69 Å². The summed E-state index contributed by atoms with van der Waals surface area (Å²) in [7, 11) is 0. The van der Waals surface area contributed by atoms with Gasteiger partial charge >= 0.3 is 0 Å². The van der Waals surface area contributed by atoms with Crippen LogP contribution in [0.1, 0.15) is 51.9 Å². The number of aryl methyl sites for hydroxylation is 1. The molecule has 3 aromatic carbocycles. The van der Waals surface area contributed by atoms with E-state index >= 15 is 0 Å². The molecule has 4 nitrogen and oxygen atoms in total. The fourth-order valence-corrected chi connectivity index (χ4v) is 4.27. The smallest absolute Gasteiger partial charge is 0.258 e. The largest absolute Gasteiger partial charge is 0.351 e. The minimum Gasteiger partial charge on any atom is -0.351 e. The summed E-state index contributed by atoms with van der Waals surface area (Å²) in [5.74, 6) is -0.0926. The molecule has 1 heterocycles. The van der Waals surface area contributed by atoms with Crippen LogP contribution in [0.5, 0.6) is 0 Å². The van der Waals surface area contributed by atoms with E-state index in [-0.39, 0.29) is 17.7 Å². The Morgan fingerprint density at radius 3 is 2.48 bits per heavy atom. The molecule has 2 amide bonds. The van der Waals surface area contributed by atoms with E-state index in [9.17, 15) is 9.59 Å². The SMILES string of the molecule is CCC(C(=O)NCc1ccc2c(c1)N(C(=O)c1ccccc1C)CC2)c1ccccc1. The van der Waals surface area contributed by atoms with Crippen LogP contribution in [0.3, 0.4) is 0 Å². The number of carbonyl (C=O) groups excluding carboxylic acids is 2. The van der Waals surface area contributed by atoms with Crippen LogP contribution in [0.2, 0.25) is 0 Å². The van der Waals surface area contributed by atoms with Crippen molar-refractivity contribution in [3.63, 3.8) is 0 Å². The van der Waals surface area contributed by atoms with E-state index in [1.54, 1.807) is 0 Å². The van der Waals surface area contributed by atoms with E-state index in [1.165, 1.54) is 5.56 Å². The molecular formula is C27H28N2O2. The van der Waals surface area contributed by atoms with Gasteiger partial charge in [-0.1, -0.05) is 67.6 Å². The van der Waals surface area contributed by atoms with Crippen LogP contribution in [-0.4, -0.2) is 18.4 Å². The lowest BCUT2D eigenvalue weighted by Crippen LogP contribution is -2.30. The van der Waals surface area contributed by atoms with Crippen molar-refractivity contribution in [2.75, 3.05) is 11.4 Å². The molecular weight excluding hydrogens is 384 g/mol. The van der Waals surface area contributed by atoms with Gasteiger partial charge in [0.15, 0.2) is 0 Å². The van der Waals surface area contributed by atoms with Gasteiger partial charge in [0.05, 0.1) is 5.92 Å². The predicted molar refractivity (Wildman–Crippen MR) is 124 cm³/mol. The summed E-state index contributed by atoms with van der Waals surface area (Å²) in [6, 6.07) is 23.8. The van der Waals surface area contributed by atoms with Gasteiger partial charge in [-0.15, -0.1) is 0 Å². The number of fused-ring (bicyclic) bond motifs is 1. The topological polar surface area (TPSA) is 49.4 Å². The van der Waals surface area contributed by atoms with E-state index in [0.29, 0.717) is 13.1 Å². The second-order valence-electron chi connectivity index (χ2n) is 8.07. The third-order valence-electron chi connectivity index (χ3n) is 6.06. The van der Waals surface area contributed by atoms with Gasteiger partial charge in [0.1, 0.15) is 0 Å². The first-order valence-electron chi connectivity index (χ1n) is 10.9. The Morgan fingerprint density at radius 1 is 1.00 bits per heavy atom. The summed E-state index contributed by atoms with van der Waals surface area (Å²) in [6.45, 7) is 5.13. The zero-order chi connectivity index (χ0) is 21.8. The van der Waals surface area contributed by atoms with Gasteiger partial charge in [0.2, 0.25) is 5.91 Å². The van der Waals surface area contributed by atoms with Crippen molar-refractivity contribution in [2.45, 2.75) is 39.2 Å². The number of nitrogens with zero attached hydrogens (tertiary/aromatic N) is 1. The Hall–Kier alpha value is -3.40. The molecule has 158 valence electrons. The number of benzene rings is 3. The Balaban J connectivity index is 1.48. The standard InChI is InChI=1S/C27H28N2O2/c1-3-23(21-10-5-4-6-11-21)26(30)28-18-20-13-14-22-15-16-29(25(22)17-20)27(31)24-12-8-7-9-19(24)2/h4-14,17,23H,3,15-16,18H2,1-2H3,(H,28,30). The molecule has 0 aromatic heterocycles. The highest BCUT2D eigenvalue weighted by Gasteiger charge is 2.26. The summed E-state index contributed by atoms with van der Waals surface area (Å²) >= 11 is 0. The summed E-state index contributed by atoms with van der Waals surface area (Å²) in [5.41, 5.74) is 5.88. The lowest BCUT2D eigenvalue weighted by molar-refractivity contribution is -0.122. The zero-order valence-corrected chi connectivity index (χ0v) is 18.1. The van der Waals surface area contributed by atoms with E-state index in [4.69, 9.17) is 0 Å². The molecule has 1 N–H and O–H groups in total. The van der Waals surface area contributed by atoms with Crippen LogP contribution in [-0.2, 0) is 17.8 Å². The first-order chi connectivity index (χ1) is 15.1. The van der Waals surface area contributed by atoms with Crippen LogP contribution in [0.15, 0.2) is 72.8 Å². The number of carbonyl (C=O) groups is 2. The van der Waals surface area contributed by atoms with Gasteiger partial charge in [-0.3, -0.25) is 9.59 Å². The number of hydrogen-bond donors (Lipinski definition) is 1. The lowest BCUT2D eigenvalue weighted by atomic mass is 9.95. The van der Waals surface area contributed by atoms with Crippen LogP contribution in [0, 0.1) is 6.92 Å². The molecule has 0 fully saturated rings. The van der Waals surface area contributed by atoms with Gasteiger partial charge in [0.25, 0.3) is 5.91 Å². The van der Waals surface area contributed by atoms with Gasteiger partial charge in [-0.25, -0.2) is 0 Å². The van der Waals surface area contributed by atoms with E-state index in [2.05, 4.69) is 11.4 Å². The molecule has 4 heteroatoms. The molecule has 1 atom stereocenters. The quantitative estimate of drug-likeness (QED) is 0.619. The second kappa shape index (κ2) is 9.17. The fraction of sp³-hybridized carbons (Fsp3) is 0.259. The Labute approximate surface area is 183 Å². The molecule has 0 saturated heterocycles. The van der Waals surface area contributed by atoms with Gasteiger partial charge < -0.3 is 10.2 Å². The normalized spacial score (nSPS) is 13.5. The highest BCUT2D eigenvalue weighted by molar-refractivity contribution is 6.08. The van der Waals surface area contributed by atoms with Crippen molar-refractivity contribution in [1.29, 1.82) is 0 Å². The number of amides is 2. The minimum atomic E-state index is -0.158. The molecule has 0 aliphatic carbocycles. The third kappa shape index (κ3) is 4.38. The van der Waals surface area contributed by atoms with Crippen molar-refractivity contribution in [3.8, 4) is 0 Å². The summed E-state index contributed by atoms with van der Waals surface area (Å²) < 4.78 is 0. The molecule has 4 rings (SSSR count). The number of anilines is 1. The molecule has 0 spiro atoms. The van der Waals surface area contributed by atoms with Gasteiger partial charge in [-0.05, 0) is 54.2 Å². The van der Waals surface area contributed by atoms with E-state index in [1.807, 2.05) is 85.5 Å². The second-order valence-corrected chi connectivity index (χ2v) is 8.07. The molecule has 1 unspecified atom stereocenters. The summed E-state index contributed by atoms with van der Waals surface area (Å²) in [5, 5.41) is 3.08. The van der Waals surface area contributed by atoms with Crippen LogP contribution < -0.4 is 10.2 Å². The molecule has 0 bridgehead atoms. The van der Waals surface area contributed by atoms with Crippen molar-refractivity contribution in [2.24, 2.45) is 0 Å². The highest BCUT2D eigenvalue weighted by atomic mass is 16.2. The molecule has 0 saturated carbocycles. The maximum atomic E-state index is 13.1.